The summed E-state index contributed by atoms with van der Waals surface area (Å²) in [5.74, 6) is 0.811. The number of nitrogens with zero attached hydrogens (tertiary/aromatic N) is 2. The van der Waals surface area contributed by atoms with Crippen molar-refractivity contribution in [3.63, 3.8) is 0 Å². The first kappa shape index (κ1) is 24.5. The second-order valence-electron chi connectivity index (χ2n) is 6.57. The van der Waals surface area contributed by atoms with Gasteiger partial charge in [0.2, 0.25) is 0 Å². The number of hydrogen-bond acceptors (Lipinski definition) is 5. The summed E-state index contributed by atoms with van der Waals surface area (Å²) in [5.41, 5.74) is 2.24. The maximum absolute atomic E-state index is 11.7. The molecule has 0 bridgehead atoms. The summed E-state index contributed by atoms with van der Waals surface area (Å²) in [6, 6.07) is 8.31. The zero-order valence-corrected chi connectivity index (χ0v) is 19.4. The molecule has 7 nitrogen and oxygen atoms in total. The van der Waals surface area contributed by atoms with E-state index in [0.29, 0.717) is 13.2 Å². The number of benzene rings is 1. The van der Waals surface area contributed by atoms with Crippen molar-refractivity contribution in [2.75, 3.05) is 52.3 Å². The second-order valence-corrected chi connectivity index (χ2v) is 6.57. The van der Waals surface area contributed by atoms with Gasteiger partial charge in [-0.1, -0.05) is 12.1 Å². The number of piperidine rings is 1. The standard InChI is InChI=1S/C20H32N4O3.HI/c1-4-21-20(24-12-9-17(10-13-24)19(25)27-3)23-15-16-5-7-18(8-6-16)22-11-14-26-2;/h5-8,17,22H,4,9-15H2,1-3H3,(H,21,23);1H. The van der Waals surface area contributed by atoms with Crippen LogP contribution in [0, 0.1) is 5.92 Å². The van der Waals surface area contributed by atoms with Crippen molar-refractivity contribution in [2.24, 2.45) is 10.9 Å². The molecule has 0 aromatic heterocycles. The molecule has 158 valence electrons. The molecule has 1 fully saturated rings. The van der Waals surface area contributed by atoms with Crippen LogP contribution < -0.4 is 10.6 Å². The highest BCUT2D eigenvalue weighted by Crippen LogP contribution is 2.19. The lowest BCUT2D eigenvalue weighted by molar-refractivity contribution is -0.146. The van der Waals surface area contributed by atoms with Crippen LogP contribution in [0.5, 0.6) is 0 Å². The number of carbonyl (C=O) groups excluding carboxylic acids is 1. The van der Waals surface area contributed by atoms with Crippen molar-refractivity contribution in [1.29, 1.82) is 0 Å². The van der Waals surface area contributed by atoms with Crippen LogP contribution in [0.1, 0.15) is 25.3 Å². The van der Waals surface area contributed by atoms with Crippen LogP contribution in [-0.2, 0) is 20.8 Å². The minimum absolute atomic E-state index is 0. The van der Waals surface area contributed by atoms with Crippen LogP contribution in [0.4, 0.5) is 5.69 Å². The lowest BCUT2D eigenvalue weighted by Gasteiger charge is -2.33. The molecule has 1 aliphatic heterocycles. The Bertz CT molecular complexity index is 602. The third-order valence-electron chi connectivity index (χ3n) is 4.66. The van der Waals surface area contributed by atoms with E-state index in [0.717, 1.165) is 56.2 Å². The summed E-state index contributed by atoms with van der Waals surface area (Å²) in [6.45, 7) is 6.61. The van der Waals surface area contributed by atoms with E-state index in [-0.39, 0.29) is 35.9 Å². The van der Waals surface area contributed by atoms with Gasteiger partial charge in [0.1, 0.15) is 0 Å². The molecule has 8 heteroatoms. The fraction of sp³-hybridized carbons (Fsp3) is 0.600. The van der Waals surface area contributed by atoms with Gasteiger partial charge < -0.3 is 25.0 Å². The SMILES string of the molecule is CCNC(=NCc1ccc(NCCOC)cc1)N1CCC(C(=O)OC)CC1.I. The molecule has 28 heavy (non-hydrogen) atoms. The summed E-state index contributed by atoms with van der Waals surface area (Å²) in [7, 11) is 3.15. The van der Waals surface area contributed by atoms with E-state index >= 15 is 0 Å². The number of nitrogens with one attached hydrogen (secondary N) is 2. The molecule has 1 aromatic carbocycles. The third kappa shape index (κ3) is 7.83. The Kier molecular flexibility index (Phi) is 11.9. The Hall–Kier alpha value is -1.55. The van der Waals surface area contributed by atoms with E-state index < -0.39 is 0 Å². The molecule has 2 N–H and O–H groups in total. The first-order valence-electron chi connectivity index (χ1n) is 9.60. The monoisotopic (exact) mass is 504 g/mol. The summed E-state index contributed by atoms with van der Waals surface area (Å²) >= 11 is 0. The molecule has 0 spiro atoms. The molecule has 0 radical (unpaired) electrons. The Balaban J connectivity index is 0.00000392. The number of methoxy groups -OCH3 is 2. The van der Waals surface area contributed by atoms with Gasteiger partial charge in [-0.25, -0.2) is 4.99 Å². The number of carbonyl (C=O) groups is 1. The third-order valence-corrected chi connectivity index (χ3v) is 4.66. The number of esters is 1. The fourth-order valence-electron chi connectivity index (χ4n) is 3.11. The molecule has 0 atom stereocenters. The zero-order valence-electron chi connectivity index (χ0n) is 17.1. The minimum atomic E-state index is -0.101. The first-order valence-corrected chi connectivity index (χ1v) is 9.60. The molecule has 0 unspecified atom stereocenters. The number of ether oxygens (including phenoxy) is 2. The highest BCUT2D eigenvalue weighted by Gasteiger charge is 2.26. The van der Waals surface area contributed by atoms with Gasteiger partial charge in [-0.15, -0.1) is 24.0 Å². The van der Waals surface area contributed by atoms with Crippen molar-refractivity contribution in [1.82, 2.24) is 10.2 Å². The van der Waals surface area contributed by atoms with Crippen LogP contribution in [-0.4, -0.2) is 63.8 Å². The number of hydrogen-bond donors (Lipinski definition) is 2. The molecule has 1 saturated heterocycles. The molecular formula is C20H33IN4O3. The van der Waals surface area contributed by atoms with Crippen molar-refractivity contribution in [3.05, 3.63) is 29.8 Å². The van der Waals surface area contributed by atoms with Gasteiger partial charge in [-0.05, 0) is 37.5 Å². The molecule has 0 amide bonds. The summed E-state index contributed by atoms with van der Waals surface area (Å²) in [4.78, 5) is 18.7. The van der Waals surface area contributed by atoms with Crippen LogP contribution in [0.2, 0.25) is 0 Å². The largest absolute Gasteiger partial charge is 0.469 e. The van der Waals surface area contributed by atoms with Gasteiger partial charge in [-0.3, -0.25) is 4.79 Å². The number of likely N-dealkylation sites (tertiary alicyclic amines) is 1. The number of halogens is 1. The van der Waals surface area contributed by atoms with Crippen molar-refractivity contribution >= 4 is 41.6 Å². The molecule has 1 aliphatic rings. The highest BCUT2D eigenvalue weighted by molar-refractivity contribution is 14.0. The van der Waals surface area contributed by atoms with Crippen LogP contribution in [0.3, 0.4) is 0 Å². The number of aliphatic imine (C=N–C) groups is 1. The maximum Gasteiger partial charge on any atom is 0.308 e. The average molecular weight is 504 g/mol. The Morgan fingerprint density at radius 2 is 1.89 bits per heavy atom. The van der Waals surface area contributed by atoms with E-state index in [1.54, 1.807) is 7.11 Å². The summed E-state index contributed by atoms with van der Waals surface area (Å²) < 4.78 is 9.90. The molecule has 1 heterocycles. The molecular weight excluding hydrogens is 471 g/mol. The van der Waals surface area contributed by atoms with Gasteiger partial charge in [0.15, 0.2) is 5.96 Å². The van der Waals surface area contributed by atoms with Crippen LogP contribution in [0.15, 0.2) is 29.3 Å². The quantitative estimate of drug-likeness (QED) is 0.187. The summed E-state index contributed by atoms with van der Waals surface area (Å²) in [6.07, 6.45) is 1.61. The first-order chi connectivity index (χ1) is 13.2. The predicted octanol–water partition coefficient (Wildman–Crippen LogP) is 2.71. The van der Waals surface area contributed by atoms with Crippen molar-refractivity contribution in [3.8, 4) is 0 Å². The van der Waals surface area contributed by atoms with Gasteiger partial charge in [0, 0.05) is 39.0 Å². The zero-order chi connectivity index (χ0) is 19.5. The average Bonchev–Trinajstić information content (AvgIpc) is 2.72. The highest BCUT2D eigenvalue weighted by atomic mass is 127. The molecule has 2 rings (SSSR count). The van der Waals surface area contributed by atoms with Crippen molar-refractivity contribution < 1.29 is 14.3 Å². The number of rotatable bonds is 8. The van der Waals surface area contributed by atoms with E-state index in [2.05, 4.69) is 46.7 Å². The van der Waals surface area contributed by atoms with Gasteiger partial charge >= 0.3 is 5.97 Å². The van der Waals surface area contributed by atoms with Gasteiger partial charge in [0.25, 0.3) is 0 Å². The Morgan fingerprint density at radius 3 is 2.46 bits per heavy atom. The molecule has 0 saturated carbocycles. The Morgan fingerprint density at radius 1 is 1.21 bits per heavy atom. The van der Waals surface area contributed by atoms with Crippen molar-refractivity contribution in [2.45, 2.75) is 26.3 Å². The summed E-state index contributed by atoms with van der Waals surface area (Å²) in [5, 5.41) is 6.67. The smallest absolute Gasteiger partial charge is 0.308 e. The second kappa shape index (κ2) is 13.6. The maximum atomic E-state index is 11.7. The molecule has 1 aromatic rings. The lowest BCUT2D eigenvalue weighted by Crippen LogP contribution is -2.46. The number of guanidine groups is 1. The van der Waals surface area contributed by atoms with E-state index in [1.165, 1.54) is 7.11 Å². The lowest BCUT2D eigenvalue weighted by atomic mass is 9.97. The van der Waals surface area contributed by atoms with Gasteiger partial charge in [0.05, 0.1) is 26.2 Å². The Labute approximate surface area is 185 Å². The fourth-order valence-corrected chi connectivity index (χ4v) is 3.11. The molecule has 0 aliphatic carbocycles. The predicted molar refractivity (Wildman–Crippen MR) is 123 cm³/mol. The number of anilines is 1. The van der Waals surface area contributed by atoms with Crippen LogP contribution in [0.25, 0.3) is 0 Å². The van der Waals surface area contributed by atoms with E-state index in [9.17, 15) is 4.79 Å². The topological polar surface area (TPSA) is 75.2 Å². The van der Waals surface area contributed by atoms with Gasteiger partial charge in [-0.2, -0.15) is 0 Å². The van der Waals surface area contributed by atoms with E-state index in [4.69, 9.17) is 14.5 Å². The van der Waals surface area contributed by atoms with Crippen LogP contribution >= 0.6 is 24.0 Å². The normalized spacial score (nSPS) is 15.0. The minimum Gasteiger partial charge on any atom is -0.469 e. The van der Waals surface area contributed by atoms with E-state index in [1.807, 2.05) is 0 Å².